The molecule has 0 saturated carbocycles. The van der Waals surface area contributed by atoms with Crippen molar-refractivity contribution in [2.75, 3.05) is 26.7 Å². The van der Waals surface area contributed by atoms with Crippen LogP contribution in [0.3, 0.4) is 0 Å². The number of nitrogens with zero attached hydrogens (tertiary/aromatic N) is 1. The minimum atomic E-state index is 0.176. The number of hydrogen-bond donors (Lipinski definition) is 1. The molecule has 1 saturated heterocycles. The van der Waals surface area contributed by atoms with E-state index in [1.54, 1.807) is 11.3 Å². The molecule has 18 heavy (non-hydrogen) atoms. The third-order valence-electron chi connectivity index (χ3n) is 3.71. The first kappa shape index (κ1) is 13.6. The second-order valence-electron chi connectivity index (χ2n) is 5.23. The van der Waals surface area contributed by atoms with Crippen LogP contribution in [0.4, 0.5) is 0 Å². The molecule has 1 aromatic rings. The molecule has 1 aromatic heterocycles. The third kappa shape index (κ3) is 3.12. The Morgan fingerprint density at radius 1 is 1.44 bits per heavy atom. The highest BCUT2D eigenvalue weighted by atomic mass is 32.1. The maximum atomic E-state index is 12.3. The molecule has 0 aromatic carbocycles. The Balaban J connectivity index is 1.95. The van der Waals surface area contributed by atoms with Crippen molar-refractivity contribution in [3.8, 4) is 0 Å². The number of nitrogens with one attached hydrogen (secondary N) is 1. The fraction of sp³-hybridized carbons (Fsp3) is 0.643. The van der Waals surface area contributed by atoms with E-state index < -0.39 is 0 Å². The molecule has 1 aliphatic rings. The van der Waals surface area contributed by atoms with Crippen molar-refractivity contribution in [3.05, 3.63) is 21.4 Å². The molecule has 0 atom stereocenters. The highest BCUT2D eigenvalue weighted by molar-refractivity contribution is 7.14. The summed E-state index contributed by atoms with van der Waals surface area (Å²) in [7, 11) is 1.93. The first-order valence-electron chi connectivity index (χ1n) is 6.61. The third-order valence-corrected chi connectivity index (χ3v) is 4.85. The van der Waals surface area contributed by atoms with Crippen molar-refractivity contribution in [2.24, 2.45) is 5.92 Å². The first-order valence-corrected chi connectivity index (χ1v) is 7.43. The lowest BCUT2D eigenvalue weighted by Gasteiger charge is -2.27. The monoisotopic (exact) mass is 266 g/mol. The molecule has 2 heterocycles. The topological polar surface area (TPSA) is 32.3 Å². The number of carbonyl (C=O) groups excluding carboxylic acids is 1. The van der Waals surface area contributed by atoms with E-state index >= 15 is 0 Å². The Labute approximate surface area is 113 Å². The Kier molecular flexibility index (Phi) is 4.40. The van der Waals surface area contributed by atoms with Crippen LogP contribution in [-0.4, -0.2) is 37.5 Å². The standard InChI is InChI=1S/C14H22N2OS/c1-10-8-13(18-11(10)2)14(17)16(3)9-12-4-6-15-7-5-12/h8,12,15H,4-7,9H2,1-3H3. The van der Waals surface area contributed by atoms with Gasteiger partial charge in [-0.05, 0) is 57.3 Å². The Morgan fingerprint density at radius 3 is 2.67 bits per heavy atom. The maximum Gasteiger partial charge on any atom is 0.263 e. The predicted octanol–water partition coefficient (Wildman–Crippen LogP) is 2.44. The number of rotatable bonds is 3. The van der Waals surface area contributed by atoms with Crippen LogP contribution in [0, 0.1) is 19.8 Å². The van der Waals surface area contributed by atoms with Crippen molar-refractivity contribution in [1.29, 1.82) is 0 Å². The van der Waals surface area contributed by atoms with Crippen LogP contribution < -0.4 is 5.32 Å². The molecule has 0 aliphatic carbocycles. The number of aryl methyl sites for hydroxylation is 2. The molecule has 1 aliphatic heterocycles. The van der Waals surface area contributed by atoms with Crippen LogP contribution >= 0.6 is 11.3 Å². The average molecular weight is 266 g/mol. The quantitative estimate of drug-likeness (QED) is 0.911. The summed E-state index contributed by atoms with van der Waals surface area (Å²) in [6, 6.07) is 2.02. The molecular weight excluding hydrogens is 244 g/mol. The van der Waals surface area contributed by atoms with Crippen molar-refractivity contribution < 1.29 is 4.79 Å². The molecule has 4 heteroatoms. The van der Waals surface area contributed by atoms with Crippen molar-refractivity contribution in [1.82, 2.24) is 10.2 Å². The minimum Gasteiger partial charge on any atom is -0.341 e. The highest BCUT2D eigenvalue weighted by Gasteiger charge is 2.20. The minimum absolute atomic E-state index is 0.176. The zero-order chi connectivity index (χ0) is 13.1. The number of carbonyl (C=O) groups is 1. The molecule has 0 bridgehead atoms. The zero-order valence-electron chi connectivity index (χ0n) is 11.5. The second-order valence-corrected chi connectivity index (χ2v) is 6.49. The molecule has 0 spiro atoms. The average Bonchev–Trinajstić information content (AvgIpc) is 2.70. The molecule has 1 N–H and O–H groups in total. The van der Waals surface area contributed by atoms with E-state index in [-0.39, 0.29) is 5.91 Å². The number of amides is 1. The molecule has 100 valence electrons. The van der Waals surface area contributed by atoms with Crippen LogP contribution in [0.2, 0.25) is 0 Å². The molecular formula is C14H22N2OS. The van der Waals surface area contributed by atoms with Gasteiger partial charge in [-0.3, -0.25) is 4.79 Å². The summed E-state index contributed by atoms with van der Waals surface area (Å²) in [5.74, 6) is 0.831. The normalized spacial score (nSPS) is 16.8. The number of thiophene rings is 1. The molecule has 2 rings (SSSR count). The van der Waals surface area contributed by atoms with Gasteiger partial charge < -0.3 is 10.2 Å². The summed E-state index contributed by atoms with van der Waals surface area (Å²) in [6.07, 6.45) is 2.36. The van der Waals surface area contributed by atoms with E-state index in [1.807, 2.05) is 18.0 Å². The summed E-state index contributed by atoms with van der Waals surface area (Å²) >= 11 is 1.61. The highest BCUT2D eigenvalue weighted by Crippen LogP contribution is 2.22. The lowest BCUT2D eigenvalue weighted by molar-refractivity contribution is 0.0767. The van der Waals surface area contributed by atoms with Crippen LogP contribution in [0.5, 0.6) is 0 Å². The van der Waals surface area contributed by atoms with Crippen LogP contribution in [0.25, 0.3) is 0 Å². The van der Waals surface area contributed by atoms with Gasteiger partial charge in [0, 0.05) is 18.5 Å². The van der Waals surface area contributed by atoms with Gasteiger partial charge in [0.1, 0.15) is 0 Å². The molecule has 1 amide bonds. The first-order chi connectivity index (χ1) is 8.58. The van der Waals surface area contributed by atoms with Gasteiger partial charge in [-0.2, -0.15) is 0 Å². The van der Waals surface area contributed by atoms with E-state index in [2.05, 4.69) is 19.2 Å². The maximum absolute atomic E-state index is 12.3. The van der Waals surface area contributed by atoms with E-state index in [9.17, 15) is 4.79 Å². The summed E-state index contributed by atoms with van der Waals surface area (Å²) in [5, 5.41) is 3.36. The van der Waals surface area contributed by atoms with Crippen LogP contribution in [0.15, 0.2) is 6.07 Å². The summed E-state index contributed by atoms with van der Waals surface area (Å²) in [5.41, 5.74) is 1.22. The fourth-order valence-corrected chi connectivity index (χ4v) is 3.43. The van der Waals surface area contributed by atoms with Gasteiger partial charge in [0.2, 0.25) is 0 Å². The number of hydrogen-bond acceptors (Lipinski definition) is 3. The molecule has 3 nitrogen and oxygen atoms in total. The Hall–Kier alpha value is -0.870. The Bertz CT molecular complexity index is 402. The van der Waals surface area contributed by atoms with Gasteiger partial charge in [-0.25, -0.2) is 0 Å². The predicted molar refractivity (Wildman–Crippen MR) is 76.3 cm³/mol. The summed E-state index contributed by atoms with van der Waals surface area (Å²) in [6.45, 7) is 7.20. The Morgan fingerprint density at radius 2 is 2.11 bits per heavy atom. The molecule has 0 radical (unpaired) electrons. The van der Waals surface area contributed by atoms with E-state index in [1.165, 1.54) is 23.3 Å². The summed E-state index contributed by atoms with van der Waals surface area (Å²) in [4.78, 5) is 16.3. The zero-order valence-corrected chi connectivity index (χ0v) is 12.3. The molecule has 0 unspecified atom stereocenters. The van der Waals surface area contributed by atoms with Gasteiger partial charge in [0.25, 0.3) is 5.91 Å². The lowest BCUT2D eigenvalue weighted by Crippen LogP contribution is -2.37. The summed E-state index contributed by atoms with van der Waals surface area (Å²) < 4.78 is 0. The van der Waals surface area contributed by atoms with Crippen molar-refractivity contribution in [2.45, 2.75) is 26.7 Å². The van der Waals surface area contributed by atoms with Gasteiger partial charge in [-0.1, -0.05) is 0 Å². The largest absolute Gasteiger partial charge is 0.341 e. The van der Waals surface area contributed by atoms with E-state index in [0.29, 0.717) is 5.92 Å². The van der Waals surface area contributed by atoms with Crippen molar-refractivity contribution >= 4 is 17.2 Å². The van der Waals surface area contributed by atoms with Crippen molar-refractivity contribution in [3.63, 3.8) is 0 Å². The smallest absolute Gasteiger partial charge is 0.263 e. The van der Waals surface area contributed by atoms with Crippen LogP contribution in [0.1, 0.15) is 33.0 Å². The van der Waals surface area contributed by atoms with E-state index in [4.69, 9.17) is 0 Å². The number of piperidine rings is 1. The van der Waals surface area contributed by atoms with Gasteiger partial charge in [0.15, 0.2) is 0 Å². The lowest BCUT2D eigenvalue weighted by atomic mass is 9.98. The SMILES string of the molecule is Cc1cc(C(=O)N(C)CC2CCNCC2)sc1C. The van der Waals surface area contributed by atoms with Gasteiger partial charge >= 0.3 is 0 Å². The van der Waals surface area contributed by atoms with Gasteiger partial charge in [0.05, 0.1) is 4.88 Å². The van der Waals surface area contributed by atoms with Crippen LogP contribution in [-0.2, 0) is 0 Å². The fourth-order valence-electron chi connectivity index (χ4n) is 2.40. The molecule has 1 fully saturated rings. The van der Waals surface area contributed by atoms with E-state index in [0.717, 1.165) is 24.5 Å². The second kappa shape index (κ2) is 5.85. The van der Waals surface area contributed by atoms with Gasteiger partial charge in [-0.15, -0.1) is 11.3 Å².